The predicted molar refractivity (Wildman–Crippen MR) is 105 cm³/mol. The number of H-pyrrole nitrogens is 1. The van der Waals surface area contributed by atoms with Crippen LogP contribution in [0.25, 0.3) is 22.1 Å². The normalized spacial score (nSPS) is 20.8. The average Bonchev–Trinajstić information content (AvgIpc) is 3.41. The predicted octanol–water partition coefficient (Wildman–Crippen LogP) is 1.47. The zero-order valence-corrected chi connectivity index (χ0v) is 15.8. The highest BCUT2D eigenvalue weighted by Gasteiger charge is 2.54. The van der Waals surface area contributed by atoms with Gasteiger partial charge in [0.05, 0.1) is 17.5 Å². The molecule has 6 rings (SSSR count). The third-order valence-corrected chi connectivity index (χ3v) is 6.20. The van der Waals surface area contributed by atoms with Crippen molar-refractivity contribution in [3.63, 3.8) is 0 Å². The lowest BCUT2D eigenvalue weighted by Crippen LogP contribution is -2.49. The number of carbonyl (C=O) groups is 1. The maximum absolute atomic E-state index is 12.5. The van der Waals surface area contributed by atoms with Gasteiger partial charge in [-0.3, -0.25) is 4.79 Å². The summed E-state index contributed by atoms with van der Waals surface area (Å²) in [4.78, 5) is 26.8. The molecule has 2 aliphatic rings. The van der Waals surface area contributed by atoms with Gasteiger partial charge >= 0.3 is 0 Å². The van der Waals surface area contributed by atoms with Gasteiger partial charge in [-0.1, -0.05) is 12.1 Å². The Labute approximate surface area is 165 Å². The van der Waals surface area contributed by atoms with Gasteiger partial charge in [-0.25, -0.2) is 14.9 Å². The van der Waals surface area contributed by atoms with Gasteiger partial charge < -0.3 is 19.8 Å². The summed E-state index contributed by atoms with van der Waals surface area (Å²) in [6.45, 7) is 0. The van der Waals surface area contributed by atoms with E-state index in [2.05, 4.69) is 21.4 Å². The molecule has 2 aromatic heterocycles. The van der Waals surface area contributed by atoms with E-state index < -0.39 is 11.9 Å². The van der Waals surface area contributed by atoms with Gasteiger partial charge in [0.15, 0.2) is 11.9 Å². The highest BCUT2D eigenvalue weighted by atomic mass is 16.3. The molecular weight excluding hydrogens is 370 g/mol. The molecule has 1 amide bonds. The monoisotopic (exact) mass is 389 g/mol. The molecular formula is C21H19N5O3. The molecule has 29 heavy (non-hydrogen) atoms. The van der Waals surface area contributed by atoms with Crippen molar-refractivity contribution in [3.8, 4) is 0 Å². The van der Waals surface area contributed by atoms with Crippen molar-refractivity contribution in [3.05, 3.63) is 59.2 Å². The molecule has 1 aliphatic carbocycles. The molecule has 0 bridgehead atoms. The summed E-state index contributed by atoms with van der Waals surface area (Å²) in [5, 5.41) is 12.6. The van der Waals surface area contributed by atoms with E-state index in [1.165, 1.54) is 0 Å². The Hall–Kier alpha value is -3.23. The van der Waals surface area contributed by atoms with Crippen molar-refractivity contribution in [1.29, 1.82) is 0 Å². The van der Waals surface area contributed by atoms with Crippen molar-refractivity contribution in [2.45, 2.75) is 31.2 Å². The van der Waals surface area contributed by atoms with Gasteiger partial charge in [0, 0.05) is 12.8 Å². The summed E-state index contributed by atoms with van der Waals surface area (Å²) in [5.41, 5.74) is 4.86. The number of para-hydroxylation sites is 2. The first-order chi connectivity index (χ1) is 14.0. The standard InChI is InChI=1S/C21H19N5O3/c1-26-20(28)25-19(27)21(26)9-11-6-14-15(7-12(11)10-21)23-17(22-14)8-18-24-13-4-2-3-5-16(13)29-18/h2-7,20,28H,8-10H2,1H3,(H,22,23)(H,25,27). The van der Waals surface area contributed by atoms with E-state index in [-0.39, 0.29) is 5.91 Å². The molecule has 146 valence electrons. The fourth-order valence-electron chi connectivity index (χ4n) is 4.59. The van der Waals surface area contributed by atoms with Gasteiger partial charge in [0.2, 0.25) is 11.8 Å². The van der Waals surface area contributed by atoms with Crippen LogP contribution in [0.5, 0.6) is 0 Å². The number of hydrogen-bond acceptors (Lipinski definition) is 6. The first-order valence-electron chi connectivity index (χ1n) is 9.59. The molecule has 2 aromatic carbocycles. The van der Waals surface area contributed by atoms with Crippen LogP contribution in [0.3, 0.4) is 0 Å². The molecule has 8 nitrogen and oxygen atoms in total. The number of aromatic amines is 1. The molecule has 1 unspecified atom stereocenters. The number of amides is 1. The number of carbonyl (C=O) groups excluding carboxylic acids is 1. The van der Waals surface area contributed by atoms with E-state index in [1.54, 1.807) is 11.9 Å². The smallest absolute Gasteiger partial charge is 0.244 e. The maximum atomic E-state index is 12.5. The second-order valence-electron chi connectivity index (χ2n) is 7.92. The summed E-state index contributed by atoms with van der Waals surface area (Å²) in [6.07, 6.45) is 0.667. The van der Waals surface area contributed by atoms with Gasteiger partial charge in [0.25, 0.3) is 0 Å². The molecule has 1 aliphatic heterocycles. The zero-order valence-electron chi connectivity index (χ0n) is 15.8. The molecule has 0 radical (unpaired) electrons. The van der Waals surface area contributed by atoms with Crippen LogP contribution in [0.1, 0.15) is 22.8 Å². The van der Waals surface area contributed by atoms with Crippen LogP contribution < -0.4 is 5.32 Å². The number of oxazole rings is 1. The molecule has 1 fully saturated rings. The molecule has 1 saturated heterocycles. The number of rotatable bonds is 2. The fraction of sp³-hybridized carbons (Fsp3) is 0.286. The molecule has 4 aromatic rings. The number of fused-ring (bicyclic) bond motifs is 3. The number of nitrogens with one attached hydrogen (secondary N) is 2. The fourth-order valence-corrected chi connectivity index (χ4v) is 4.59. The minimum atomic E-state index is -0.942. The largest absolute Gasteiger partial charge is 0.440 e. The number of aromatic nitrogens is 3. The lowest BCUT2D eigenvalue weighted by atomic mass is 9.95. The first-order valence-corrected chi connectivity index (χ1v) is 9.59. The summed E-state index contributed by atoms with van der Waals surface area (Å²) in [6, 6.07) is 11.8. The first kappa shape index (κ1) is 16.7. The average molecular weight is 389 g/mol. The zero-order chi connectivity index (χ0) is 19.8. The minimum absolute atomic E-state index is 0.128. The Bertz CT molecular complexity index is 1210. The topological polar surface area (TPSA) is 107 Å². The van der Waals surface area contributed by atoms with Crippen LogP contribution in [0.15, 0.2) is 40.8 Å². The number of aliphatic hydroxyl groups excluding tert-OH is 1. The van der Waals surface area contributed by atoms with Gasteiger partial charge in [-0.15, -0.1) is 0 Å². The number of imidazole rings is 1. The van der Waals surface area contributed by atoms with Crippen LogP contribution in [0.4, 0.5) is 0 Å². The quantitative estimate of drug-likeness (QED) is 0.479. The second-order valence-corrected chi connectivity index (χ2v) is 7.92. The molecule has 3 N–H and O–H groups in total. The van der Waals surface area contributed by atoms with E-state index in [4.69, 9.17) is 9.40 Å². The highest BCUT2D eigenvalue weighted by molar-refractivity contribution is 5.91. The SMILES string of the molecule is CN1C(O)NC(=O)[C@]12Cc1cc3nc(Cc4nc5ccccc5o4)[nH]c3cc1C2. The van der Waals surface area contributed by atoms with E-state index >= 15 is 0 Å². The Morgan fingerprint density at radius 2 is 2.00 bits per heavy atom. The van der Waals surface area contributed by atoms with Crippen molar-refractivity contribution in [2.75, 3.05) is 7.05 Å². The number of benzene rings is 2. The highest BCUT2D eigenvalue weighted by Crippen LogP contribution is 2.39. The van der Waals surface area contributed by atoms with Crippen LogP contribution in [0, 0.1) is 0 Å². The van der Waals surface area contributed by atoms with Crippen LogP contribution in [-0.2, 0) is 24.1 Å². The molecule has 2 atom stereocenters. The van der Waals surface area contributed by atoms with Crippen LogP contribution in [-0.4, -0.2) is 49.8 Å². The number of likely N-dealkylation sites (N-methyl/N-ethyl adjacent to an activating group) is 1. The number of aliphatic hydroxyl groups is 1. The Morgan fingerprint density at radius 3 is 2.76 bits per heavy atom. The van der Waals surface area contributed by atoms with Gasteiger partial charge in [0.1, 0.15) is 16.9 Å². The summed E-state index contributed by atoms with van der Waals surface area (Å²) >= 11 is 0. The van der Waals surface area contributed by atoms with Gasteiger partial charge in [-0.2, -0.15) is 0 Å². The summed E-state index contributed by atoms with van der Waals surface area (Å²) < 4.78 is 5.80. The minimum Gasteiger partial charge on any atom is -0.440 e. The molecule has 3 heterocycles. The van der Waals surface area contributed by atoms with E-state index in [1.807, 2.05) is 30.3 Å². The van der Waals surface area contributed by atoms with E-state index in [9.17, 15) is 9.90 Å². The molecule has 0 saturated carbocycles. The van der Waals surface area contributed by atoms with Crippen molar-refractivity contribution >= 4 is 28.0 Å². The Kier molecular flexibility index (Phi) is 3.25. The lowest BCUT2D eigenvalue weighted by molar-refractivity contribution is -0.125. The molecule has 8 heteroatoms. The summed E-state index contributed by atoms with van der Waals surface area (Å²) in [5.74, 6) is 1.28. The third-order valence-electron chi connectivity index (χ3n) is 6.20. The van der Waals surface area contributed by atoms with E-state index in [0.717, 1.165) is 39.1 Å². The van der Waals surface area contributed by atoms with E-state index in [0.29, 0.717) is 25.2 Å². The van der Waals surface area contributed by atoms with Crippen molar-refractivity contribution in [2.24, 2.45) is 0 Å². The lowest BCUT2D eigenvalue weighted by Gasteiger charge is -2.29. The van der Waals surface area contributed by atoms with Crippen molar-refractivity contribution in [1.82, 2.24) is 25.2 Å². The van der Waals surface area contributed by atoms with Crippen molar-refractivity contribution < 1.29 is 14.3 Å². The maximum Gasteiger partial charge on any atom is 0.244 e. The third kappa shape index (κ3) is 2.36. The van der Waals surface area contributed by atoms with Crippen LogP contribution >= 0.6 is 0 Å². The number of hydrogen-bond donors (Lipinski definition) is 3. The van der Waals surface area contributed by atoms with Crippen LogP contribution in [0.2, 0.25) is 0 Å². The second kappa shape index (κ2) is 5.65. The number of nitrogens with zero attached hydrogens (tertiary/aromatic N) is 3. The van der Waals surface area contributed by atoms with Gasteiger partial charge in [-0.05, 0) is 42.4 Å². The summed E-state index contributed by atoms with van der Waals surface area (Å²) in [7, 11) is 1.77. The Morgan fingerprint density at radius 1 is 1.21 bits per heavy atom. The molecule has 1 spiro atoms. The Balaban J connectivity index is 1.32.